The molecule has 0 bridgehead atoms. The van der Waals surface area contributed by atoms with Gasteiger partial charge in [0.25, 0.3) is 5.69 Å². The molecule has 0 saturated heterocycles. The molecule has 1 heterocycles. The van der Waals surface area contributed by atoms with E-state index < -0.39 is 0 Å². The van der Waals surface area contributed by atoms with Crippen LogP contribution in [-0.4, -0.2) is 27.0 Å². The van der Waals surface area contributed by atoms with Gasteiger partial charge in [-0.1, -0.05) is 13.3 Å². The number of rotatable bonds is 5. The summed E-state index contributed by atoms with van der Waals surface area (Å²) in [6.07, 6.45) is 3.70. The fourth-order valence-corrected chi connectivity index (χ4v) is 4.20. The number of anilines is 1. The summed E-state index contributed by atoms with van der Waals surface area (Å²) in [6, 6.07) is 9.06. The van der Waals surface area contributed by atoms with Crippen molar-refractivity contribution < 1.29 is 4.92 Å². The van der Waals surface area contributed by atoms with E-state index in [9.17, 15) is 10.1 Å². The third-order valence-electron chi connectivity index (χ3n) is 4.05. The highest BCUT2D eigenvalue weighted by Gasteiger charge is 2.27. The third-order valence-corrected chi connectivity index (χ3v) is 5.38. The van der Waals surface area contributed by atoms with Gasteiger partial charge in [-0.15, -0.1) is 0 Å². The van der Waals surface area contributed by atoms with Crippen LogP contribution >= 0.6 is 11.8 Å². The smallest absolute Gasteiger partial charge is 0.270 e. The lowest BCUT2D eigenvalue weighted by molar-refractivity contribution is -0.384. The number of nitro benzene ring substituents is 1. The van der Waals surface area contributed by atoms with Gasteiger partial charge in [-0.05, 0) is 36.8 Å². The first-order valence-electron chi connectivity index (χ1n) is 7.60. The minimum Gasteiger partial charge on any atom is -0.366 e. The largest absolute Gasteiger partial charge is 0.366 e. The predicted molar refractivity (Wildman–Crippen MR) is 91.6 cm³/mol. The Morgan fingerprint density at radius 2 is 2.23 bits per heavy atom. The number of aromatic nitrogens is 1. The molecular weight excluding hydrogens is 298 g/mol. The van der Waals surface area contributed by atoms with Crippen molar-refractivity contribution in [1.82, 2.24) is 4.98 Å². The number of pyridine rings is 1. The van der Waals surface area contributed by atoms with Crippen LogP contribution in [0, 0.1) is 10.1 Å². The Morgan fingerprint density at radius 3 is 3.00 bits per heavy atom. The summed E-state index contributed by atoms with van der Waals surface area (Å²) >= 11 is 2.01. The van der Waals surface area contributed by atoms with E-state index in [-0.39, 0.29) is 10.6 Å². The van der Waals surface area contributed by atoms with Crippen molar-refractivity contribution in [3.05, 3.63) is 40.4 Å². The Hall–Kier alpha value is -1.82. The maximum Gasteiger partial charge on any atom is 0.270 e. The number of non-ortho nitro benzene ring substituents is 1. The molecule has 2 unspecified atom stereocenters. The molecule has 5 nitrogen and oxygen atoms in total. The molecule has 2 aromatic rings. The molecule has 22 heavy (non-hydrogen) atoms. The van der Waals surface area contributed by atoms with E-state index in [0.717, 1.165) is 22.5 Å². The van der Waals surface area contributed by atoms with E-state index >= 15 is 0 Å². The molecular formula is C16H19N3O2S. The molecule has 0 radical (unpaired) electrons. The minimum atomic E-state index is -0.378. The minimum absolute atomic E-state index is 0.102. The molecule has 0 spiro atoms. The SMILES string of the molecule is CCSC1CCCC1Nc1ccc2cc([N+](=O)[O-])ccc2n1. The van der Waals surface area contributed by atoms with Crippen molar-refractivity contribution >= 4 is 34.2 Å². The number of hydrogen-bond donors (Lipinski definition) is 1. The number of fused-ring (bicyclic) bond motifs is 1. The van der Waals surface area contributed by atoms with Gasteiger partial charge in [0, 0.05) is 28.8 Å². The zero-order valence-electron chi connectivity index (χ0n) is 12.5. The fourth-order valence-electron chi connectivity index (χ4n) is 3.00. The van der Waals surface area contributed by atoms with Crippen molar-refractivity contribution in [2.75, 3.05) is 11.1 Å². The molecule has 1 N–H and O–H groups in total. The highest BCUT2D eigenvalue weighted by atomic mass is 32.2. The summed E-state index contributed by atoms with van der Waals surface area (Å²) < 4.78 is 0. The lowest BCUT2D eigenvalue weighted by atomic mass is 10.2. The molecule has 2 atom stereocenters. The van der Waals surface area contributed by atoms with E-state index in [1.807, 2.05) is 23.9 Å². The number of nitro groups is 1. The molecule has 0 aliphatic heterocycles. The first-order valence-corrected chi connectivity index (χ1v) is 8.65. The van der Waals surface area contributed by atoms with Crippen LogP contribution in [0.25, 0.3) is 10.9 Å². The topological polar surface area (TPSA) is 68.1 Å². The number of benzene rings is 1. The molecule has 3 rings (SSSR count). The van der Waals surface area contributed by atoms with Crippen LogP contribution in [0.3, 0.4) is 0 Å². The lowest BCUT2D eigenvalue weighted by Crippen LogP contribution is -2.26. The quantitative estimate of drug-likeness (QED) is 0.660. The Bertz CT molecular complexity index is 692. The van der Waals surface area contributed by atoms with Crippen LogP contribution in [0.2, 0.25) is 0 Å². The second-order valence-corrected chi connectivity index (χ2v) is 7.02. The summed E-state index contributed by atoms with van der Waals surface area (Å²) in [5, 5.41) is 15.8. The summed E-state index contributed by atoms with van der Waals surface area (Å²) in [6.45, 7) is 2.20. The van der Waals surface area contributed by atoms with Gasteiger partial charge in [-0.3, -0.25) is 10.1 Å². The normalized spacial score (nSPS) is 21.1. The van der Waals surface area contributed by atoms with Crippen LogP contribution in [0.15, 0.2) is 30.3 Å². The molecule has 1 aromatic heterocycles. The van der Waals surface area contributed by atoms with Gasteiger partial charge in [0.2, 0.25) is 0 Å². The zero-order chi connectivity index (χ0) is 15.5. The highest BCUT2D eigenvalue weighted by molar-refractivity contribution is 7.99. The van der Waals surface area contributed by atoms with Gasteiger partial charge < -0.3 is 5.32 Å². The standard InChI is InChI=1S/C16H19N3O2S/c1-2-22-15-5-3-4-14(15)18-16-9-6-11-10-12(19(20)21)7-8-13(11)17-16/h6-10,14-15H,2-5H2,1H3,(H,17,18). The Kier molecular flexibility index (Phi) is 4.47. The van der Waals surface area contributed by atoms with Crippen LogP contribution in [0.4, 0.5) is 11.5 Å². The Balaban J connectivity index is 1.80. The van der Waals surface area contributed by atoms with Gasteiger partial charge in [0.15, 0.2) is 0 Å². The van der Waals surface area contributed by atoms with Crippen molar-refractivity contribution in [3.8, 4) is 0 Å². The van der Waals surface area contributed by atoms with Gasteiger partial charge in [0.1, 0.15) is 5.82 Å². The molecule has 6 heteroatoms. The van der Waals surface area contributed by atoms with E-state index in [2.05, 4.69) is 17.2 Å². The van der Waals surface area contributed by atoms with E-state index in [1.165, 1.54) is 25.3 Å². The van der Waals surface area contributed by atoms with Crippen molar-refractivity contribution in [3.63, 3.8) is 0 Å². The first kappa shape index (κ1) is 15.1. The average molecular weight is 317 g/mol. The molecule has 1 aliphatic carbocycles. The van der Waals surface area contributed by atoms with Gasteiger partial charge in [-0.25, -0.2) is 4.98 Å². The number of hydrogen-bond acceptors (Lipinski definition) is 5. The van der Waals surface area contributed by atoms with Crippen LogP contribution < -0.4 is 5.32 Å². The average Bonchev–Trinajstić information content (AvgIpc) is 2.94. The van der Waals surface area contributed by atoms with Crippen molar-refractivity contribution in [2.45, 2.75) is 37.5 Å². The van der Waals surface area contributed by atoms with E-state index in [4.69, 9.17) is 0 Å². The number of thioether (sulfide) groups is 1. The van der Waals surface area contributed by atoms with Gasteiger partial charge >= 0.3 is 0 Å². The van der Waals surface area contributed by atoms with E-state index in [0.29, 0.717) is 11.3 Å². The predicted octanol–water partition coefficient (Wildman–Crippen LogP) is 4.23. The Morgan fingerprint density at radius 1 is 1.36 bits per heavy atom. The molecule has 1 aliphatic rings. The Labute approximate surface area is 133 Å². The van der Waals surface area contributed by atoms with Crippen molar-refractivity contribution in [2.24, 2.45) is 0 Å². The first-order chi connectivity index (χ1) is 10.7. The number of nitrogens with zero attached hydrogens (tertiary/aromatic N) is 2. The third kappa shape index (κ3) is 3.16. The molecule has 1 saturated carbocycles. The molecule has 116 valence electrons. The number of nitrogens with one attached hydrogen (secondary N) is 1. The lowest BCUT2D eigenvalue weighted by Gasteiger charge is -2.20. The summed E-state index contributed by atoms with van der Waals surface area (Å²) in [4.78, 5) is 15.0. The summed E-state index contributed by atoms with van der Waals surface area (Å²) in [5.41, 5.74) is 0.888. The van der Waals surface area contributed by atoms with Gasteiger partial charge in [0.05, 0.1) is 10.4 Å². The van der Waals surface area contributed by atoms with E-state index in [1.54, 1.807) is 12.1 Å². The van der Waals surface area contributed by atoms with Crippen molar-refractivity contribution in [1.29, 1.82) is 0 Å². The maximum atomic E-state index is 10.8. The molecule has 1 aromatic carbocycles. The summed E-state index contributed by atoms with van der Waals surface area (Å²) in [7, 11) is 0. The van der Waals surface area contributed by atoms with Gasteiger partial charge in [-0.2, -0.15) is 11.8 Å². The monoisotopic (exact) mass is 317 g/mol. The second kappa shape index (κ2) is 6.52. The summed E-state index contributed by atoms with van der Waals surface area (Å²) in [5.74, 6) is 1.99. The van der Waals surface area contributed by atoms with Crippen LogP contribution in [0.5, 0.6) is 0 Å². The van der Waals surface area contributed by atoms with Crippen LogP contribution in [-0.2, 0) is 0 Å². The zero-order valence-corrected chi connectivity index (χ0v) is 13.3. The molecule has 0 amide bonds. The maximum absolute atomic E-state index is 10.8. The fraction of sp³-hybridized carbons (Fsp3) is 0.438. The second-order valence-electron chi connectivity index (χ2n) is 5.51. The van der Waals surface area contributed by atoms with Crippen LogP contribution in [0.1, 0.15) is 26.2 Å². The highest BCUT2D eigenvalue weighted by Crippen LogP contribution is 2.32. The molecule has 1 fully saturated rings.